The van der Waals surface area contributed by atoms with Crippen LogP contribution in [0.3, 0.4) is 0 Å². The second kappa shape index (κ2) is 7.03. The number of rotatable bonds is 5. The third kappa shape index (κ3) is 4.03. The van der Waals surface area contributed by atoms with Gasteiger partial charge in [0, 0.05) is 19.6 Å². The summed E-state index contributed by atoms with van der Waals surface area (Å²) < 4.78 is 36.4. The van der Waals surface area contributed by atoms with Gasteiger partial charge in [-0.3, -0.25) is 4.79 Å². The largest absolute Gasteiger partial charge is 0.377 e. The molecule has 2 fully saturated rings. The molecular weight excluding hydrogens is 344 g/mol. The number of likely N-dealkylation sites (tertiary alicyclic amines) is 1. The van der Waals surface area contributed by atoms with Crippen LogP contribution in [0, 0.1) is 0 Å². The summed E-state index contributed by atoms with van der Waals surface area (Å²) in [5.41, 5.74) is 0.688. The summed E-state index contributed by atoms with van der Waals surface area (Å²) in [6, 6.07) is 10.2. The molecule has 0 aromatic heterocycles. The number of amides is 1. The molecule has 2 saturated heterocycles. The SMILES string of the molecule is CO[C@@H]1CN(C(=O)CNS(C)(=O)=O)C[C@]12C[C@@H](c1ccccc1)CO2. The number of carbonyl (C=O) groups excluding carboxylic acids is 1. The number of benzene rings is 1. The summed E-state index contributed by atoms with van der Waals surface area (Å²) in [6.07, 6.45) is 1.59. The van der Waals surface area contributed by atoms with Gasteiger partial charge in [-0.05, 0) is 12.0 Å². The van der Waals surface area contributed by atoms with Crippen molar-refractivity contribution < 1.29 is 22.7 Å². The first kappa shape index (κ1) is 18.3. The van der Waals surface area contributed by atoms with Crippen molar-refractivity contribution in [1.29, 1.82) is 0 Å². The molecule has 0 aliphatic carbocycles. The fourth-order valence-corrected chi connectivity index (χ4v) is 4.10. The second-order valence-corrected chi connectivity index (χ2v) is 8.61. The molecule has 8 heteroatoms. The maximum absolute atomic E-state index is 12.3. The summed E-state index contributed by atoms with van der Waals surface area (Å²) in [4.78, 5) is 14.0. The number of nitrogens with one attached hydrogen (secondary N) is 1. The zero-order valence-corrected chi connectivity index (χ0v) is 15.3. The van der Waals surface area contributed by atoms with E-state index < -0.39 is 15.6 Å². The molecule has 0 radical (unpaired) electrons. The van der Waals surface area contributed by atoms with Crippen LogP contribution in [-0.2, 0) is 24.3 Å². The summed E-state index contributed by atoms with van der Waals surface area (Å²) in [6.45, 7) is 1.17. The van der Waals surface area contributed by atoms with Crippen molar-refractivity contribution in [2.45, 2.75) is 24.0 Å². The van der Waals surface area contributed by atoms with E-state index in [0.29, 0.717) is 19.7 Å². The quantitative estimate of drug-likeness (QED) is 0.810. The van der Waals surface area contributed by atoms with E-state index in [-0.39, 0.29) is 24.5 Å². The average Bonchev–Trinajstić information content (AvgIpc) is 3.17. The Hall–Kier alpha value is -1.48. The minimum absolute atomic E-state index is 0.219. The number of ether oxygens (including phenoxy) is 2. The standard InChI is InChI=1S/C17H24N2O5S/c1-23-15-10-19(16(20)9-18-25(2,21)22)12-17(15)8-14(11-24-17)13-6-4-3-5-7-13/h3-7,14-15,18H,8-12H2,1-2H3/t14-,15-,17-/m1/s1. The smallest absolute Gasteiger partial charge is 0.237 e. The van der Waals surface area contributed by atoms with Gasteiger partial charge >= 0.3 is 0 Å². The molecule has 2 aliphatic rings. The molecule has 25 heavy (non-hydrogen) atoms. The number of hydrogen-bond donors (Lipinski definition) is 1. The zero-order chi connectivity index (χ0) is 18.1. The lowest BCUT2D eigenvalue weighted by molar-refractivity contribution is -0.130. The molecule has 0 unspecified atom stereocenters. The van der Waals surface area contributed by atoms with Gasteiger partial charge in [0.05, 0.1) is 26.0 Å². The lowest BCUT2D eigenvalue weighted by atomic mass is 9.87. The third-order valence-corrected chi connectivity index (χ3v) is 5.66. The highest BCUT2D eigenvalue weighted by Crippen LogP contribution is 2.43. The van der Waals surface area contributed by atoms with Gasteiger partial charge in [-0.25, -0.2) is 13.1 Å². The summed E-state index contributed by atoms with van der Waals surface area (Å²) in [7, 11) is -1.78. The molecule has 1 amide bonds. The fraction of sp³-hybridized carbons (Fsp3) is 0.588. The van der Waals surface area contributed by atoms with Crippen LogP contribution >= 0.6 is 0 Å². The van der Waals surface area contributed by atoms with E-state index in [4.69, 9.17) is 9.47 Å². The van der Waals surface area contributed by atoms with Gasteiger partial charge in [0.15, 0.2) is 0 Å². The molecule has 1 aromatic rings. The molecule has 2 aliphatic heterocycles. The molecule has 138 valence electrons. The van der Waals surface area contributed by atoms with Gasteiger partial charge in [-0.2, -0.15) is 0 Å². The Morgan fingerprint density at radius 3 is 2.76 bits per heavy atom. The van der Waals surface area contributed by atoms with Crippen molar-refractivity contribution in [3.05, 3.63) is 35.9 Å². The van der Waals surface area contributed by atoms with Crippen LogP contribution in [0.4, 0.5) is 0 Å². The fourth-order valence-electron chi connectivity index (χ4n) is 3.72. The Morgan fingerprint density at radius 1 is 1.40 bits per heavy atom. The third-order valence-electron chi connectivity index (χ3n) is 4.99. The molecule has 7 nitrogen and oxygen atoms in total. The average molecular weight is 368 g/mol. The van der Waals surface area contributed by atoms with E-state index in [2.05, 4.69) is 16.9 Å². The topological polar surface area (TPSA) is 84.9 Å². The van der Waals surface area contributed by atoms with Crippen LogP contribution in [0.5, 0.6) is 0 Å². The highest BCUT2D eigenvalue weighted by Gasteiger charge is 2.54. The molecule has 3 atom stereocenters. The van der Waals surface area contributed by atoms with Crippen molar-refractivity contribution in [1.82, 2.24) is 9.62 Å². The first-order chi connectivity index (χ1) is 11.8. The molecule has 3 rings (SSSR count). The van der Waals surface area contributed by atoms with Gasteiger partial charge in [0.25, 0.3) is 0 Å². The predicted octanol–water partition coefficient (Wildman–Crippen LogP) is 0.336. The van der Waals surface area contributed by atoms with Crippen LogP contribution in [0.25, 0.3) is 0 Å². The van der Waals surface area contributed by atoms with Gasteiger partial charge in [-0.15, -0.1) is 0 Å². The van der Waals surface area contributed by atoms with E-state index in [1.807, 2.05) is 18.2 Å². The van der Waals surface area contributed by atoms with E-state index in [1.165, 1.54) is 5.56 Å². The van der Waals surface area contributed by atoms with Gasteiger partial charge in [0.2, 0.25) is 15.9 Å². The lowest BCUT2D eigenvalue weighted by Crippen LogP contribution is -2.43. The normalized spacial score (nSPS) is 29.4. The minimum Gasteiger partial charge on any atom is -0.377 e. The van der Waals surface area contributed by atoms with Crippen molar-refractivity contribution in [2.24, 2.45) is 0 Å². The van der Waals surface area contributed by atoms with Crippen LogP contribution in [0.1, 0.15) is 17.9 Å². The zero-order valence-electron chi connectivity index (χ0n) is 14.5. The van der Waals surface area contributed by atoms with Crippen molar-refractivity contribution in [3.8, 4) is 0 Å². The lowest BCUT2D eigenvalue weighted by Gasteiger charge is -2.28. The maximum Gasteiger partial charge on any atom is 0.237 e. The van der Waals surface area contributed by atoms with Gasteiger partial charge in [-0.1, -0.05) is 30.3 Å². The van der Waals surface area contributed by atoms with E-state index in [9.17, 15) is 13.2 Å². The summed E-state index contributed by atoms with van der Waals surface area (Å²) in [5.74, 6) is -0.000780. The minimum atomic E-state index is -3.40. The van der Waals surface area contributed by atoms with Crippen LogP contribution in [0.15, 0.2) is 30.3 Å². The monoisotopic (exact) mass is 368 g/mol. The van der Waals surface area contributed by atoms with E-state index >= 15 is 0 Å². The molecular formula is C17H24N2O5S. The highest BCUT2D eigenvalue weighted by molar-refractivity contribution is 7.88. The van der Waals surface area contributed by atoms with Crippen LogP contribution in [0.2, 0.25) is 0 Å². The Morgan fingerprint density at radius 2 is 2.12 bits per heavy atom. The number of sulfonamides is 1. The molecule has 2 heterocycles. The molecule has 0 saturated carbocycles. The van der Waals surface area contributed by atoms with Gasteiger partial charge in [0.1, 0.15) is 11.7 Å². The Bertz CT molecular complexity index is 724. The molecule has 0 bridgehead atoms. The molecule has 1 N–H and O–H groups in total. The Balaban J connectivity index is 1.69. The van der Waals surface area contributed by atoms with E-state index in [0.717, 1.165) is 12.7 Å². The molecule has 1 spiro atoms. The molecule has 1 aromatic carbocycles. The van der Waals surface area contributed by atoms with Crippen molar-refractivity contribution in [2.75, 3.05) is 39.6 Å². The number of hydrogen-bond acceptors (Lipinski definition) is 5. The van der Waals surface area contributed by atoms with Crippen LogP contribution < -0.4 is 4.72 Å². The number of nitrogens with zero attached hydrogens (tertiary/aromatic N) is 1. The summed E-state index contributed by atoms with van der Waals surface area (Å²) >= 11 is 0. The first-order valence-corrected chi connectivity index (χ1v) is 10.2. The Kier molecular flexibility index (Phi) is 5.15. The van der Waals surface area contributed by atoms with Gasteiger partial charge < -0.3 is 14.4 Å². The summed E-state index contributed by atoms with van der Waals surface area (Å²) in [5, 5.41) is 0. The first-order valence-electron chi connectivity index (χ1n) is 8.27. The highest BCUT2D eigenvalue weighted by atomic mass is 32.2. The predicted molar refractivity (Wildman–Crippen MR) is 92.7 cm³/mol. The van der Waals surface area contributed by atoms with Crippen molar-refractivity contribution in [3.63, 3.8) is 0 Å². The Labute approximate surface area is 148 Å². The van der Waals surface area contributed by atoms with Crippen molar-refractivity contribution >= 4 is 15.9 Å². The van der Waals surface area contributed by atoms with Crippen LogP contribution in [-0.4, -0.2) is 70.5 Å². The maximum atomic E-state index is 12.3. The number of methoxy groups -OCH3 is 1. The van der Waals surface area contributed by atoms with E-state index in [1.54, 1.807) is 12.0 Å². The second-order valence-electron chi connectivity index (χ2n) is 6.78. The number of carbonyl (C=O) groups is 1.